The van der Waals surface area contributed by atoms with Gasteiger partial charge in [0.05, 0.1) is 28.7 Å². The number of aromatic amines is 1. The lowest BCUT2D eigenvalue weighted by Gasteiger charge is -2.30. The Labute approximate surface area is 195 Å². The van der Waals surface area contributed by atoms with Crippen molar-refractivity contribution in [1.29, 1.82) is 0 Å². The number of carbonyl (C=O) groups excluding carboxylic acids is 2. The highest BCUT2D eigenvalue weighted by atomic mass is 32.2. The minimum absolute atomic E-state index is 0.106. The minimum Gasteiger partial charge on any atom is -0.497 e. The van der Waals surface area contributed by atoms with E-state index in [2.05, 4.69) is 4.98 Å². The summed E-state index contributed by atoms with van der Waals surface area (Å²) in [5.74, 6) is -0.941. The van der Waals surface area contributed by atoms with Crippen LogP contribution in [-0.2, 0) is 9.59 Å². The van der Waals surface area contributed by atoms with Crippen molar-refractivity contribution in [3.8, 4) is 5.75 Å². The van der Waals surface area contributed by atoms with E-state index in [1.54, 1.807) is 7.11 Å². The molecule has 3 aromatic rings. The summed E-state index contributed by atoms with van der Waals surface area (Å²) >= 11 is 8.06. The molecule has 0 unspecified atom stereocenters. The number of imide groups is 1. The molecular formula is C21H15N3O5S3. The van der Waals surface area contributed by atoms with Gasteiger partial charge in [0, 0.05) is 22.9 Å². The Kier molecular flexibility index (Phi) is 5.11. The lowest BCUT2D eigenvalue weighted by atomic mass is 9.83. The summed E-state index contributed by atoms with van der Waals surface area (Å²) in [6.45, 7) is 0. The number of amides is 2. The first-order valence-electron chi connectivity index (χ1n) is 9.55. The average molecular weight is 486 g/mol. The largest absolute Gasteiger partial charge is 0.497 e. The van der Waals surface area contributed by atoms with Gasteiger partial charge in [-0.3, -0.25) is 19.7 Å². The lowest BCUT2D eigenvalue weighted by Crippen LogP contribution is -2.32. The molecule has 0 aliphatic carbocycles. The molecule has 3 atom stereocenters. The van der Waals surface area contributed by atoms with Crippen LogP contribution < -0.4 is 9.64 Å². The van der Waals surface area contributed by atoms with Crippen LogP contribution in [0.25, 0.3) is 0 Å². The van der Waals surface area contributed by atoms with Gasteiger partial charge in [0.1, 0.15) is 11.0 Å². The maximum absolute atomic E-state index is 13.6. The zero-order valence-corrected chi connectivity index (χ0v) is 19.0. The molecule has 0 saturated carbocycles. The number of carbonyl (C=O) groups is 2. The number of fused-ring (bicyclic) bond motifs is 2. The van der Waals surface area contributed by atoms with Crippen molar-refractivity contribution < 1.29 is 19.2 Å². The number of H-pyrrole nitrogens is 1. The number of thiazole rings is 1. The van der Waals surface area contributed by atoms with E-state index in [1.807, 2.05) is 24.3 Å². The minimum atomic E-state index is -0.627. The molecule has 2 aromatic carbocycles. The third-order valence-corrected chi connectivity index (χ3v) is 8.37. The van der Waals surface area contributed by atoms with E-state index in [9.17, 15) is 19.7 Å². The number of aromatic nitrogens is 1. The molecule has 3 heterocycles. The van der Waals surface area contributed by atoms with Crippen LogP contribution in [0.15, 0.2) is 53.6 Å². The normalized spacial score (nSPS) is 21.9. The number of hydrogen-bond acceptors (Lipinski definition) is 8. The van der Waals surface area contributed by atoms with E-state index in [0.29, 0.717) is 15.4 Å². The van der Waals surface area contributed by atoms with Crippen LogP contribution in [0, 0.1) is 20.0 Å². The number of nitrogens with zero attached hydrogens (tertiary/aromatic N) is 2. The molecule has 1 N–H and O–H groups in total. The number of hydrogen-bond donors (Lipinski definition) is 1. The van der Waals surface area contributed by atoms with E-state index in [4.69, 9.17) is 17.0 Å². The smallest absolute Gasteiger partial charge is 0.269 e. The van der Waals surface area contributed by atoms with Crippen molar-refractivity contribution in [2.45, 2.75) is 16.2 Å². The number of nitro benzene ring substituents is 1. The van der Waals surface area contributed by atoms with Gasteiger partial charge in [-0.05, 0) is 42.0 Å². The number of ether oxygens (including phenoxy) is 1. The van der Waals surface area contributed by atoms with Gasteiger partial charge in [-0.25, -0.2) is 4.90 Å². The van der Waals surface area contributed by atoms with Crippen molar-refractivity contribution in [3.05, 3.63) is 73.0 Å². The molecule has 11 heteroatoms. The molecule has 5 rings (SSSR count). The van der Waals surface area contributed by atoms with Crippen LogP contribution in [0.5, 0.6) is 5.75 Å². The maximum atomic E-state index is 13.6. The van der Waals surface area contributed by atoms with Gasteiger partial charge in [-0.1, -0.05) is 23.9 Å². The standard InChI is InChI=1S/C21H15N3O5S3/c1-29-13-8-2-10(3-9-13)14-15-17(31-18-16(14)32-21(30)22-18)20(26)23(19(15)25)11-4-6-12(7-5-11)24(27)28/h2-9,14-15,17H,1H3,(H,22,30)/t14-,15-,17+/m1/s1. The van der Waals surface area contributed by atoms with Gasteiger partial charge in [0.2, 0.25) is 11.8 Å². The number of nitro groups is 1. The van der Waals surface area contributed by atoms with Gasteiger partial charge in [-0.2, -0.15) is 0 Å². The summed E-state index contributed by atoms with van der Waals surface area (Å²) in [6, 6.07) is 12.9. The van der Waals surface area contributed by atoms with Crippen LogP contribution >= 0.6 is 35.3 Å². The maximum Gasteiger partial charge on any atom is 0.269 e. The number of non-ortho nitro benzene ring substituents is 1. The fraction of sp³-hybridized carbons (Fsp3) is 0.190. The van der Waals surface area contributed by atoms with Gasteiger partial charge >= 0.3 is 0 Å². The molecule has 2 aliphatic heterocycles. The molecular weight excluding hydrogens is 470 g/mol. The van der Waals surface area contributed by atoms with E-state index < -0.39 is 16.1 Å². The number of nitrogens with one attached hydrogen (secondary N) is 1. The highest BCUT2D eigenvalue weighted by Crippen LogP contribution is 2.54. The van der Waals surface area contributed by atoms with Gasteiger partial charge in [0.25, 0.3) is 5.69 Å². The molecule has 2 amide bonds. The second-order valence-electron chi connectivity index (χ2n) is 7.31. The van der Waals surface area contributed by atoms with E-state index in [-0.39, 0.29) is 23.4 Å². The summed E-state index contributed by atoms with van der Waals surface area (Å²) in [6.07, 6.45) is 0. The van der Waals surface area contributed by atoms with E-state index in [0.717, 1.165) is 20.4 Å². The van der Waals surface area contributed by atoms with Crippen LogP contribution in [0.3, 0.4) is 0 Å². The Bertz CT molecular complexity index is 1300. The van der Waals surface area contributed by atoms with Gasteiger partial charge < -0.3 is 9.72 Å². The Morgan fingerprint density at radius 3 is 2.41 bits per heavy atom. The topological polar surface area (TPSA) is 106 Å². The molecule has 1 aromatic heterocycles. The number of thioether (sulfide) groups is 1. The van der Waals surface area contributed by atoms with Crippen molar-refractivity contribution in [2.75, 3.05) is 12.0 Å². The summed E-state index contributed by atoms with van der Waals surface area (Å²) < 4.78 is 5.85. The Morgan fingerprint density at radius 1 is 1.09 bits per heavy atom. The molecule has 8 nitrogen and oxygen atoms in total. The molecule has 32 heavy (non-hydrogen) atoms. The van der Waals surface area contributed by atoms with E-state index >= 15 is 0 Å². The summed E-state index contributed by atoms with van der Waals surface area (Å²) in [5.41, 5.74) is 1.11. The van der Waals surface area contributed by atoms with Gasteiger partial charge in [-0.15, -0.1) is 11.3 Å². The van der Waals surface area contributed by atoms with E-state index in [1.165, 1.54) is 47.4 Å². The third kappa shape index (κ3) is 3.24. The molecule has 1 fully saturated rings. The zero-order valence-electron chi connectivity index (χ0n) is 16.5. The first-order chi connectivity index (χ1) is 15.4. The summed E-state index contributed by atoms with van der Waals surface area (Å²) in [7, 11) is 1.58. The number of rotatable bonds is 4. The molecule has 1 saturated heterocycles. The highest BCUT2D eigenvalue weighted by molar-refractivity contribution is 8.01. The van der Waals surface area contributed by atoms with Crippen LogP contribution in [-0.4, -0.2) is 34.1 Å². The number of benzene rings is 2. The van der Waals surface area contributed by atoms with Crippen LogP contribution in [0.2, 0.25) is 0 Å². The molecule has 0 spiro atoms. The fourth-order valence-electron chi connectivity index (χ4n) is 4.17. The highest BCUT2D eigenvalue weighted by Gasteiger charge is 2.56. The molecule has 0 bridgehead atoms. The number of methoxy groups -OCH3 is 1. The average Bonchev–Trinajstić information content (AvgIpc) is 3.28. The first-order valence-corrected chi connectivity index (χ1v) is 11.7. The first kappa shape index (κ1) is 20.9. The second-order valence-corrected chi connectivity index (χ2v) is 10.2. The lowest BCUT2D eigenvalue weighted by molar-refractivity contribution is -0.384. The van der Waals surface area contributed by atoms with Crippen molar-refractivity contribution in [1.82, 2.24) is 4.98 Å². The fourth-order valence-corrected chi connectivity index (χ4v) is 7.13. The molecule has 2 aliphatic rings. The van der Waals surface area contributed by atoms with Crippen LogP contribution in [0.1, 0.15) is 16.4 Å². The summed E-state index contributed by atoms with van der Waals surface area (Å²) in [4.78, 5) is 42.6. The molecule has 162 valence electrons. The Morgan fingerprint density at radius 2 is 1.78 bits per heavy atom. The zero-order chi connectivity index (χ0) is 22.6. The third-order valence-electron chi connectivity index (χ3n) is 5.62. The SMILES string of the molecule is COc1ccc([C@H]2c3sc(=S)[nH]c3S[C@@H]3C(=O)N(c4ccc([N+](=O)[O-])cc4)C(=O)[C@H]23)cc1. The predicted molar refractivity (Wildman–Crippen MR) is 123 cm³/mol. The Balaban J connectivity index is 1.59. The van der Waals surface area contributed by atoms with Gasteiger partial charge in [0.15, 0.2) is 3.95 Å². The Hall–Kier alpha value is -3.02. The second kappa shape index (κ2) is 7.84. The number of anilines is 1. The predicted octanol–water partition coefficient (Wildman–Crippen LogP) is 4.52. The summed E-state index contributed by atoms with van der Waals surface area (Å²) in [5, 5.41) is 11.1. The molecule has 0 radical (unpaired) electrons. The quantitative estimate of drug-likeness (QED) is 0.251. The van der Waals surface area contributed by atoms with Crippen molar-refractivity contribution in [3.63, 3.8) is 0 Å². The monoisotopic (exact) mass is 485 g/mol. The van der Waals surface area contributed by atoms with Crippen molar-refractivity contribution in [2.24, 2.45) is 5.92 Å². The van der Waals surface area contributed by atoms with Crippen molar-refractivity contribution >= 4 is 58.5 Å². The van der Waals surface area contributed by atoms with Crippen LogP contribution in [0.4, 0.5) is 11.4 Å².